The van der Waals surface area contributed by atoms with Crippen molar-refractivity contribution in [2.24, 2.45) is 0 Å². The number of rotatable bonds is 8. The van der Waals surface area contributed by atoms with Crippen molar-refractivity contribution in [2.45, 2.75) is 10.9 Å². The Bertz CT molecular complexity index is 1020. The minimum atomic E-state index is -3.72. The second-order valence-corrected chi connectivity index (χ2v) is 8.13. The Morgan fingerprint density at radius 1 is 1.18 bits per heavy atom. The highest BCUT2D eigenvalue weighted by atomic mass is 32.2. The molecule has 0 aliphatic carbocycles. The fraction of sp³-hybridized carbons (Fsp3) is 0.278. The molecule has 0 radical (unpaired) electrons. The molecular weight excluding hydrogens is 380 g/mol. The molecule has 148 valence electrons. The van der Waals surface area contributed by atoms with E-state index in [9.17, 15) is 8.42 Å². The van der Waals surface area contributed by atoms with E-state index in [1.165, 1.54) is 23.1 Å². The van der Waals surface area contributed by atoms with Gasteiger partial charge in [-0.3, -0.25) is 0 Å². The maximum absolute atomic E-state index is 12.8. The number of sulfonamides is 1. The molecule has 1 heterocycles. The van der Waals surface area contributed by atoms with Crippen LogP contribution >= 0.6 is 0 Å². The topological polar surface area (TPSA) is 102 Å². The number of nitrogens with zero attached hydrogens (tertiary/aromatic N) is 5. The van der Waals surface area contributed by atoms with Crippen LogP contribution in [0.15, 0.2) is 59.8 Å². The number of benzene rings is 2. The van der Waals surface area contributed by atoms with Crippen molar-refractivity contribution in [3.63, 3.8) is 0 Å². The van der Waals surface area contributed by atoms with E-state index in [1.54, 1.807) is 19.2 Å². The third kappa shape index (κ3) is 4.53. The lowest BCUT2D eigenvalue weighted by Crippen LogP contribution is -2.34. The Kier molecular flexibility index (Phi) is 6.02. The van der Waals surface area contributed by atoms with E-state index in [4.69, 9.17) is 4.74 Å². The minimum Gasteiger partial charge on any atom is -0.497 e. The van der Waals surface area contributed by atoms with Crippen LogP contribution in [0, 0.1) is 0 Å². The molecule has 28 heavy (non-hydrogen) atoms. The fourth-order valence-corrected chi connectivity index (χ4v) is 3.87. The minimum absolute atomic E-state index is 0.142. The summed E-state index contributed by atoms with van der Waals surface area (Å²) >= 11 is 0. The maximum atomic E-state index is 12.8. The van der Waals surface area contributed by atoms with Gasteiger partial charge in [-0.25, -0.2) is 17.8 Å². The van der Waals surface area contributed by atoms with E-state index in [0.29, 0.717) is 5.69 Å². The number of aromatic nitrogens is 4. The van der Waals surface area contributed by atoms with Crippen LogP contribution in [0.25, 0.3) is 5.69 Å². The number of likely N-dealkylation sites (N-methyl/N-ethyl adjacent to an activating group) is 1. The summed E-state index contributed by atoms with van der Waals surface area (Å²) < 4.78 is 35.0. The van der Waals surface area contributed by atoms with Crippen LogP contribution in [0.1, 0.15) is 11.6 Å². The highest BCUT2D eigenvalue weighted by Crippen LogP contribution is 2.23. The highest BCUT2D eigenvalue weighted by molar-refractivity contribution is 7.89. The first-order valence-corrected chi connectivity index (χ1v) is 10.0. The summed E-state index contributed by atoms with van der Waals surface area (Å²) in [4.78, 5) is 2.10. The molecule has 1 unspecified atom stereocenters. The zero-order valence-electron chi connectivity index (χ0n) is 15.8. The molecule has 10 heteroatoms. The third-order valence-corrected chi connectivity index (χ3v) is 5.73. The van der Waals surface area contributed by atoms with Gasteiger partial charge in [-0.2, -0.15) is 0 Å². The highest BCUT2D eigenvalue weighted by Gasteiger charge is 2.20. The summed E-state index contributed by atoms with van der Waals surface area (Å²) in [5.41, 5.74) is 1.51. The van der Waals surface area contributed by atoms with Gasteiger partial charge >= 0.3 is 0 Å². The van der Waals surface area contributed by atoms with Crippen LogP contribution in [-0.2, 0) is 10.0 Å². The normalized spacial score (nSPS) is 12.9. The van der Waals surface area contributed by atoms with E-state index < -0.39 is 10.0 Å². The average molecular weight is 402 g/mol. The van der Waals surface area contributed by atoms with Crippen molar-refractivity contribution in [1.82, 2.24) is 29.8 Å². The van der Waals surface area contributed by atoms with Crippen molar-refractivity contribution in [2.75, 3.05) is 27.7 Å². The monoisotopic (exact) mass is 402 g/mol. The number of methoxy groups -OCH3 is 1. The van der Waals surface area contributed by atoms with Gasteiger partial charge in [0.2, 0.25) is 10.0 Å². The number of ether oxygens (including phenoxy) is 1. The molecule has 0 aliphatic rings. The molecule has 0 spiro atoms. The van der Waals surface area contributed by atoms with Gasteiger partial charge in [0.15, 0.2) is 0 Å². The molecule has 1 aromatic heterocycles. The summed E-state index contributed by atoms with van der Waals surface area (Å²) in [5.74, 6) is 0.723. The summed E-state index contributed by atoms with van der Waals surface area (Å²) in [6.07, 6.45) is 1.41. The first-order chi connectivity index (χ1) is 13.4. The van der Waals surface area contributed by atoms with Gasteiger partial charge in [0.05, 0.1) is 17.7 Å². The quantitative estimate of drug-likeness (QED) is 0.605. The predicted octanol–water partition coefficient (Wildman–Crippen LogP) is 1.25. The lowest BCUT2D eigenvalue weighted by atomic mass is 10.1. The number of nitrogens with one attached hydrogen (secondary N) is 1. The largest absolute Gasteiger partial charge is 0.497 e. The van der Waals surface area contributed by atoms with Gasteiger partial charge in [-0.05, 0) is 60.4 Å². The van der Waals surface area contributed by atoms with Gasteiger partial charge in [0, 0.05) is 12.6 Å². The van der Waals surface area contributed by atoms with Gasteiger partial charge in [0.1, 0.15) is 12.1 Å². The lowest BCUT2D eigenvalue weighted by Gasteiger charge is -2.25. The van der Waals surface area contributed by atoms with Gasteiger partial charge in [-0.15, -0.1) is 5.10 Å². The molecule has 0 fully saturated rings. The van der Waals surface area contributed by atoms with Crippen molar-refractivity contribution in [3.05, 3.63) is 60.4 Å². The summed E-state index contributed by atoms with van der Waals surface area (Å²) in [6.45, 7) is 0.206. The smallest absolute Gasteiger partial charge is 0.240 e. The van der Waals surface area contributed by atoms with E-state index in [1.807, 2.05) is 43.3 Å². The predicted molar refractivity (Wildman–Crippen MR) is 104 cm³/mol. The molecule has 2 aromatic carbocycles. The van der Waals surface area contributed by atoms with E-state index in [0.717, 1.165) is 11.3 Å². The molecule has 0 bridgehead atoms. The van der Waals surface area contributed by atoms with Gasteiger partial charge < -0.3 is 9.64 Å². The van der Waals surface area contributed by atoms with Crippen molar-refractivity contribution < 1.29 is 13.2 Å². The second kappa shape index (κ2) is 8.46. The molecule has 0 amide bonds. The number of hydrogen-bond acceptors (Lipinski definition) is 7. The fourth-order valence-electron chi connectivity index (χ4n) is 2.79. The first kappa shape index (κ1) is 19.9. The average Bonchev–Trinajstić information content (AvgIpc) is 3.23. The van der Waals surface area contributed by atoms with Crippen LogP contribution in [0.2, 0.25) is 0 Å². The lowest BCUT2D eigenvalue weighted by molar-refractivity contribution is 0.298. The Hall–Kier alpha value is -2.82. The zero-order valence-corrected chi connectivity index (χ0v) is 16.7. The van der Waals surface area contributed by atoms with E-state index in [2.05, 4.69) is 20.2 Å². The van der Waals surface area contributed by atoms with Crippen molar-refractivity contribution in [3.8, 4) is 11.4 Å². The molecule has 0 saturated carbocycles. The van der Waals surface area contributed by atoms with Crippen molar-refractivity contribution >= 4 is 10.0 Å². The molecular formula is C18H22N6O3S. The third-order valence-electron chi connectivity index (χ3n) is 4.31. The SMILES string of the molecule is COc1cccc(C(CNS(=O)(=O)c2cccc(-n3cnnn3)c2)N(C)C)c1. The molecule has 1 N–H and O–H groups in total. The Morgan fingerprint density at radius 3 is 2.64 bits per heavy atom. The van der Waals surface area contributed by atoms with Crippen molar-refractivity contribution in [1.29, 1.82) is 0 Å². The molecule has 3 aromatic rings. The standard InChI is InChI=1S/C18H22N6O3S/c1-23(2)18(14-6-4-8-16(10-14)27-3)12-20-28(25,26)17-9-5-7-15(11-17)24-13-19-21-22-24/h4-11,13,18,20H,12H2,1-3H3. The van der Waals surface area contributed by atoms with E-state index >= 15 is 0 Å². The summed E-state index contributed by atoms with van der Waals surface area (Å²) in [5, 5.41) is 10.9. The summed E-state index contributed by atoms with van der Waals surface area (Å²) in [7, 11) is 1.68. The Morgan fingerprint density at radius 2 is 1.96 bits per heavy atom. The molecule has 3 rings (SSSR count). The van der Waals surface area contributed by atoms with Crippen LogP contribution in [0.4, 0.5) is 0 Å². The van der Waals surface area contributed by atoms with E-state index in [-0.39, 0.29) is 17.5 Å². The van der Waals surface area contributed by atoms with Crippen LogP contribution in [-0.4, -0.2) is 61.3 Å². The second-order valence-electron chi connectivity index (χ2n) is 6.36. The number of tetrazole rings is 1. The van der Waals surface area contributed by atoms with Crippen LogP contribution in [0.3, 0.4) is 0 Å². The molecule has 0 saturated heterocycles. The van der Waals surface area contributed by atoms with Crippen LogP contribution in [0.5, 0.6) is 5.75 Å². The number of hydrogen-bond donors (Lipinski definition) is 1. The molecule has 1 atom stereocenters. The Balaban J connectivity index is 1.80. The van der Waals surface area contributed by atoms with Crippen LogP contribution < -0.4 is 9.46 Å². The van der Waals surface area contributed by atoms with Gasteiger partial charge in [-0.1, -0.05) is 18.2 Å². The van der Waals surface area contributed by atoms with Gasteiger partial charge in [0.25, 0.3) is 0 Å². The first-order valence-electron chi connectivity index (χ1n) is 8.54. The maximum Gasteiger partial charge on any atom is 0.240 e. The zero-order chi connectivity index (χ0) is 20.1. The summed E-state index contributed by atoms with van der Waals surface area (Å²) in [6, 6.07) is 13.9. The molecule has 9 nitrogen and oxygen atoms in total. The molecule has 0 aliphatic heterocycles. The Labute approximate surface area is 164 Å².